The van der Waals surface area contributed by atoms with Crippen LogP contribution in [0.15, 0.2) is 29.8 Å². The van der Waals surface area contributed by atoms with Crippen molar-refractivity contribution in [2.24, 2.45) is 23.2 Å². The fourth-order valence-corrected chi connectivity index (χ4v) is 5.76. The van der Waals surface area contributed by atoms with Gasteiger partial charge in [-0.1, -0.05) is 45.0 Å². The van der Waals surface area contributed by atoms with Gasteiger partial charge < -0.3 is 5.32 Å². The molecule has 4 rings (SSSR count). The van der Waals surface area contributed by atoms with Crippen molar-refractivity contribution in [1.29, 1.82) is 0 Å². The second-order valence-corrected chi connectivity index (χ2v) is 8.95. The maximum absolute atomic E-state index is 12.8. The molecule has 133 valence electrons. The Labute approximate surface area is 152 Å². The number of amides is 1. The average Bonchev–Trinajstić information content (AvgIpc) is 2.96. The highest BCUT2D eigenvalue weighted by Gasteiger charge is 2.53. The number of benzene rings is 1. The van der Waals surface area contributed by atoms with Crippen LogP contribution in [0.1, 0.15) is 63.5 Å². The summed E-state index contributed by atoms with van der Waals surface area (Å²) in [6.07, 6.45) is 8.13. The second kappa shape index (κ2) is 6.30. The molecule has 1 saturated carbocycles. The van der Waals surface area contributed by atoms with E-state index in [1.807, 2.05) is 0 Å². The van der Waals surface area contributed by atoms with Gasteiger partial charge in [-0.25, -0.2) is 0 Å². The van der Waals surface area contributed by atoms with Gasteiger partial charge in [-0.3, -0.25) is 4.79 Å². The van der Waals surface area contributed by atoms with E-state index in [1.165, 1.54) is 24.8 Å². The number of allylic oxidation sites excluding steroid dienone is 1. The molecule has 0 aromatic heterocycles. The SMILES string of the molecule is CC(C)CNC(=O)C1=CC[C@H]2[C@@H]3CCc4c[c]ccc4[C@H]3CC[C@]12C. The summed E-state index contributed by atoms with van der Waals surface area (Å²) in [5, 5.41) is 3.16. The highest BCUT2D eigenvalue weighted by molar-refractivity contribution is 5.95. The van der Waals surface area contributed by atoms with Crippen molar-refractivity contribution in [2.45, 2.75) is 58.8 Å². The number of aryl methyl sites for hydroxylation is 1. The van der Waals surface area contributed by atoms with Gasteiger partial charge in [-0.15, -0.1) is 0 Å². The topological polar surface area (TPSA) is 29.1 Å². The van der Waals surface area contributed by atoms with E-state index in [4.69, 9.17) is 0 Å². The van der Waals surface area contributed by atoms with Gasteiger partial charge in [0.2, 0.25) is 5.91 Å². The molecule has 0 saturated heterocycles. The number of rotatable bonds is 3. The average molecular weight is 336 g/mol. The summed E-state index contributed by atoms with van der Waals surface area (Å²) >= 11 is 0. The Morgan fingerprint density at radius 2 is 2.24 bits per heavy atom. The van der Waals surface area contributed by atoms with Crippen molar-refractivity contribution >= 4 is 5.91 Å². The second-order valence-electron chi connectivity index (χ2n) is 8.95. The zero-order chi connectivity index (χ0) is 17.6. The van der Waals surface area contributed by atoms with Crippen LogP contribution in [-0.2, 0) is 11.2 Å². The Morgan fingerprint density at radius 1 is 1.40 bits per heavy atom. The smallest absolute Gasteiger partial charge is 0.247 e. The molecule has 3 aliphatic rings. The Bertz CT molecular complexity index is 704. The van der Waals surface area contributed by atoms with Crippen molar-refractivity contribution in [3.8, 4) is 0 Å². The van der Waals surface area contributed by atoms with Crippen LogP contribution in [-0.4, -0.2) is 12.5 Å². The molecule has 1 aromatic rings. The summed E-state index contributed by atoms with van der Waals surface area (Å²) in [6, 6.07) is 9.82. The first-order valence-corrected chi connectivity index (χ1v) is 9.98. The Balaban J connectivity index is 1.56. The number of fused-ring (bicyclic) bond motifs is 5. The molecule has 1 aromatic carbocycles. The van der Waals surface area contributed by atoms with Crippen molar-refractivity contribution in [3.63, 3.8) is 0 Å². The summed E-state index contributed by atoms with van der Waals surface area (Å²) in [4.78, 5) is 12.8. The normalized spacial score (nSPS) is 33.3. The van der Waals surface area contributed by atoms with E-state index in [9.17, 15) is 4.79 Å². The molecule has 1 fully saturated rings. The van der Waals surface area contributed by atoms with E-state index in [1.54, 1.807) is 5.56 Å². The molecule has 1 radical (unpaired) electrons. The van der Waals surface area contributed by atoms with Crippen molar-refractivity contribution < 1.29 is 4.79 Å². The minimum Gasteiger partial charge on any atom is -0.352 e. The fraction of sp³-hybridized carbons (Fsp3) is 0.609. The molecule has 3 aliphatic carbocycles. The lowest BCUT2D eigenvalue weighted by Crippen LogP contribution is -2.44. The lowest BCUT2D eigenvalue weighted by Gasteiger charge is -2.50. The number of nitrogens with one attached hydrogen (secondary N) is 1. The Morgan fingerprint density at radius 3 is 3.04 bits per heavy atom. The van der Waals surface area contributed by atoms with Crippen LogP contribution in [0.4, 0.5) is 0 Å². The quantitative estimate of drug-likeness (QED) is 0.855. The van der Waals surface area contributed by atoms with Gasteiger partial charge in [0.15, 0.2) is 0 Å². The summed E-state index contributed by atoms with van der Waals surface area (Å²) in [6.45, 7) is 7.43. The van der Waals surface area contributed by atoms with Crippen LogP contribution in [0.2, 0.25) is 0 Å². The van der Waals surface area contributed by atoms with Crippen LogP contribution in [0.25, 0.3) is 0 Å². The third kappa shape index (κ3) is 2.74. The highest BCUT2D eigenvalue weighted by Crippen LogP contribution is 2.60. The van der Waals surface area contributed by atoms with Gasteiger partial charge in [0, 0.05) is 17.5 Å². The molecule has 0 bridgehead atoms. The minimum absolute atomic E-state index is 0.0701. The molecule has 0 aliphatic heterocycles. The number of hydrogen-bond donors (Lipinski definition) is 1. The fourth-order valence-electron chi connectivity index (χ4n) is 5.76. The third-order valence-corrected chi connectivity index (χ3v) is 7.07. The number of carbonyl (C=O) groups excluding carboxylic acids is 1. The van der Waals surface area contributed by atoms with Crippen LogP contribution >= 0.6 is 0 Å². The van der Waals surface area contributed by atoms with E-state index >= 15 is 0 Å². The van der Waals surface area contributed by atoms with Crippen molar-refractivity contribution in [1.82, 2.24) is 5.32 Å². The molecular weight excluding hydrogens is 306 g/mol. The molecule has 1 N–H and O–H groups in total. The van der Waals surface area contributed by atoms with E-state index in [0.29, 0.717) is 17.8 Å². The third-order valence-electron chi connectivity index (χ3n) is 7.07. The van der Waals surface area contributed by atoms with E-state index in [-0.39, 0.29) is 11.3 Å². The first-order chi connectivity index (χ1) is 12.0. The molecule has 0 unspecified atom stereocenters. The van der Waals surface area contributed by atoms with Gasteiger partial charge in [-0.2, -0.15) is 0 Å². The maximum Gasteiger partial charge on any atom is 0.247 e. The van der Waals surface area contributed by atoms with E-state index in [0.717, 1.165) is 30.9 Å². The van der Waals surface area contributed by atoms with Gasteiger partial charge in [0.1, 0.15) is 0 Å². The van der Waals surface area contributed by atoms with Gasteiger partial charge in [-0.05, 0) is 73.0 Å². The molecule has 2 heteroatoms. The zero-order valence-electron chi connectivity index (χ0n) is 15.8. The van der Waals surface area contributed by atoms with Crippen molar-refractivity contribution in [2.75, 3.05) is 6.54 Å². The van der Waals surface area contributed by atoms with Gasteiger partial charge in [0.25, 0.3) is 0 Å². The predicted molar refractivity (Wildman–Crippen MR) is 101 cm³/mol. The first kappa shape index (κ1) is 16.9. The maximum atomic E-state index is 12.8. The van der Waals surface area contributed by atoms with Crippen LogP contribution < -0.4 is 5.32 Å². The van der Waals surface area contributed by atoms with Crippen LogP contribution in [0.5, 0.6) is 0 Å². The monoisotopic (exact) mass is 336 g/mol. The summed E-state index contributed by atoms with van der Waals surface area (Å²) in [5.74, 6) is 2.71. The molecular formula is C23H30NO. The lowest BCUT2D eigenvalue weighted by atomic mass is 9.54. The largest absolute Gasteiger partial charge is 0.352 e. The first-order valence-electron chi connectivity index (χ1n) is 9.98. The molecule has 4 atom stereocenters. The lowest BCUT2D eigenvalue weighted by molar-refractivity contribution is -0.119. The molecule has 1 amide bonds. The summed E-state index contributed by atoms with van der Waals surface area (Å²) in [7, 11) is 0. The highest BCUT2D eigenvalue weighted by atomic mass is 16.1. The number of hydrogen-bond acceptors (Lipinski definition) is 1. The minimum atomic E-state index is 0.0701. The molecule has 0 spiro atoms. The standard InChI is InChI=1S/C23H30NO/c1-15(2)14-24-22(25)21-11-10-20-19-9-8-16-6-4-5-7-17(16)18(19)12-13-23(20,21)3/h5-7,11,15,18-20H,8-10,12-14H2,1-3H3,(H,24,25)/t18-,19-,20+,23+/m1/s1. The van der Waals surface area contributed by atoms with Gasteiger partial charge >= 0.3 is 0 Å². The molecule has 25 heavy (non-hydrogen) atoms. The van der Waals surface area contributed by atoms with Crippen molar-refractivity contribution in [3.05, 3.63) is 47.0 Å². The van der Waals surface area contributed by atoms with E-state index in [2.05, 4.69) is 56.4 Å². The molecule has 0 heterocycles. The zero-order valence-corrected chi connectivity index (χ0v) is 15.8. The predicted octanol–water partition coefficient (Wildman–Crippen LogP) is 4.65. The van der Waals surface area contributed by atoms with Crippen LogP contribution in [0, 0.1) is 29.2 Å². The number of carbonyl (C=O) groups is 1. The van der Waals surface area contributed by atoms with Gasteiger partial charge in [0.05, 0.1) is 0 Å². The summed E-state index contributed by atoms with van der Waals surface area (Å²) in [5.41, 5.74) is 4.22. The van der Waals surface area contributed by atoms with Crippen LogP contribution in [0.3, 0.4) is 0 Å². The van der Waals surface area contributed by atoms with E-state index < -0.39 is 0 Å². The Kier molecular flexibility index (Phi) is 4.25. The Hall–Kier alpha value is -1.57. The summed E-state index contributed by atoms with van der Waals surface area (Å²) < 4.78 is 0. The molecule has 2 nitrogen and oxygen atoms in total.